The van der Waals surface area contributed by atoms with E-state index in [0.717, 1.165) is 16.9 Å². The first-order valence-corrected chi connectivity index (χ1v) is 4.29. The normalized spacial score (nSPS) is 10.1. The van der Waals surface area contributed by atoms with Crippen LogP contribution >= 0.6 is 0 Å². The quantitative estimate of drug-likeness (QED) is 0.709. The molecule has 0 aliphatic carbocycles. The first-order valence-electron chi connectivity index (χ1n) is 4.29. The zero-order valence-electron chi connectivity index (χ0n) is 7.82. The van der Waals surface area contributed by atoms with Gasteiger partial charge in [0.1, 0.15) is 12.0 Å². The number of oxazole rings is 1. The fourth-order valence-electron chi connectivity index (χ4n) is 1.18. The third kappa shape index (κ3) is 1.54. The third-order valence-corrected chi connectivity index (χ3v) is 1.92. The Hall–Kier alpha value is -1.97. The molecule has 0 saturated carbocycles. The molecule has 0 aliphatic heterocycles. The number of nitrogens with zero attached hydrogens (tertiary/aromatic N) is 1. The van der Waals surface area contributed by atoms with Crippen LogP contribution in [0.1, 0.15) is 0 Å². The molecule has 72 valence electrons. The molecular weight excluding hydrogens is 178 g/mol. The van der Waals surface area contributed by atoms with Gasteiger partial charge in [-0.3, -0.25) is 0 Å². The molecule has 1 heterocycles. The fourth-order valence-corrected chi connectivity index (χ4v) is 1.18. The summed E-state index contributed by atoms with van der Waals surface area (Å²) in [6.07, 6.45) is 1.61. The SMILES string of the molecule is CNc1nc(-c2ccc(N)cc2)co1. The molecule has 4 nitrogen and oxygen atoms in total. The highest BCUT2D eigenvalue weighted by atomic mass is 16.4. The van der Waals surface area contributed by atoms with Gasteiger partial charge in [0.05, 0.1) is 0 Å². The molecule has 2 rings (SSSR count). The smallest absolute Gasteiger partial charge is 0.294 e. The Balaban J connectivity index is 2.34. The van der Waals surface area contributed by atoms with Gasteiger partial charge in [0.15, 0.2) is 0 Å². The first kappa shape index (κ1) is 8.62. The van der Waals surface area contributed by atoms with Gasteiger partial charge in [0, 0.05) is 18.3 Å². The van der Waals surface area contributed by atoms with E-state index in [1.165, 1.54) is 0 Å². The van der Waals surface area contributed by atoms with Crippen molar-refractivity contribution in [2.45, 2.75) is 0 Å². The molecule has 0 radical (unpaired) electrons. The van der Waals surface area contributed by atoms with E-state index in [2.05, 4.69) is 10.3 Å². The van der Waals surface area contributed by atoms with Gasteiger partial charge in [0.2, 0.25) is 0 Å². The summed E-state index contributed by atoms with van der Waals surface area (Å²) in [6, 6.07) is 8.00. The minimum Gasteiger partial charge on any atom is -0.432 e. The van der Waals surface area contributed by atoms with Crippen molar-refractivity contribution in [3.63, 3.8) is 0 Å². The van der Waals surface area contributed by atoms with Crippen molar-refractivity contribution in [1.82, 2.24) is 4.98 Å². The second kappa shape index (κ2) is 3.41. The van der Waals surface area contributed by atoms with Gasteiger partial charge in [-0.2, -0.15) is 4.98 Å². The molecule has 4 heteroatoms. The Labute approximate surface area is 81.8 Å². The topological polar surface area (TPSA) is 64.1 Å². The summed E-state index contributed by atoms with van der Waals surface area (Å²) in [4.78, 5) is 4.21. The average molecular weight is 189 g/mol. The maximum atomic E-state index is 5.58. The molecule has 0 bridgehead atoms. The Bertz CT molecular complexity index is 419. The minimum atomic E-state index is 0.511. The predicted molar refractivity (Wildman–Crippen MR) is 55.9 cm³/mol. The molecule has 1 aromatic heterocycles. The van der Waals surface area contributed by atoms with Gasteiger partial charge in [0.25, 0.3) is 6.01 Å². The van der Waals surface area contributed by atoms with Crippen molar-refractivity contribution in [3.8, 4) is 11.3 Å². The molecule has 0 atom stereocenters. The van der Waals surface area contributed by atoms with Crippen molar-refractivity contribution in [1.29, 1.82) is 0 Å². The minimum absolute atomic E-state index is 0.511. The lowest BCUT2D eigenvalue weighted by molar-refractivity contribution is 0.576. The molecule has 3 N–H and O–H groups in total. The standard InChI is InChI=1S/C10H11N3O/c1-12-10-13-9(6-14-10)7-2-4-8(11)5-3-7/h2-6H,11H2,1H3,(H,12,13). The van der Waals surface area contributed by atoms with Crippen molar-refractivity contribution in [2.24, 2.45) is 0 Å². The Morgan fingerprint density at radius 1 is 1.29 bits per heavy atom. The number of rotatable bonds is 2. The van der Waals surface area contributed by atoms with E-state index in [1.54, 1.807) is 13.3 Å². The van der Waals surface area contributed by atoms with E-state index < -0.39 is 0 Å². The second-order valence-corrected chi connectivity index (χ2v) is 2.91. The van der Waals surface area contributed by atoms with Crippen LogP contribution in [-0.2, 0) is 0 Å². The van der Waals surface area contributed by atoms with Crippen LogP contribution in [0, 0.1) is 0 Å². The monoisotopic (exact) mass is 189 g/mol. The fraction of sp³-hybridized carbons (Fsp3) is 0.100. The lowest BCUT2D eigenvalue weighted by atomic mass is 10.1. The molecule has 0 spiro atoms. The van der Waals surface area contributed by atoms with E-state index in [-0.39, 0.29) is 0 Å². The molecule has 1 aromatic carbocycles. The van der Waals surface area contributed by atoms with E-state index >= 15 is 0 Å². The highest BCUT2D eigenvalue weighted by molar-refractivity contribution is 5.61. The van der Waals surface area contributed by atoms with Crippen LogP contribution < -0.4 is 11.1 Å². The number of nitrogens with two attached hydrogens (primary N) is 1. The summed E-state index contributed by atoms with van der Waals surface area (Å²) in [5, 5.41) is 2.83. The summed E-state index contributed by atoms with van der Waals surface area (Å²) in [7, 11) is 1.76. The third-order valence-electron chi connectivity index (χ3n) is 1.92. The van der Waals surface area contributed by atoms with Crippen LogP contribution in [0.2, 0.25) is 0 Å². The van der Waals surface area contributed by atoms with Crippen LogP contribution in [0.5, 0.6) is 0 Å². The maximum Gasteiger partial charge on any atom is 0.294 e. The summed E-state index contributed by atoms with van der Waals surface area (Å²) in [5.74, 6) is 0. The summed E-state index contributed by atoms with van der Waals surface area (Å²) >= 11 is 0. The maximum absolute atomic E-state index is 5.58. The van der Waals surface area contributed by atoms with Crippen molar-refractivity contribution in [3.05, 3.63) is 30.5 Å². The van der Waals surface area contributed by atoms with E-state index in [1.807, 2.05) is 24.3 Å². The average Bonchev–Trinajstić information content (AvgIpc) is 2.67. The van der Waals surface area contributed by atoms with Crippen LogP contribution in [0.15, 0.2) is 34.9 Å². The van der Waals surface area contributed by atoms with Crippen LogP contribution in [0.3, 0.4) is 0 Å². The van der Waals surface area contributed by atoms with Gasteiger partial charge >= 0.3 is 0 Å². The number of anilines is 2. The Morgan fingerprint density at radius 2 is 2.00 bits per heavy atom. The first-order chi connectivity index (χ1) is 6.79. The predicted octanol–water partition coefficient (Wildman–Crippen LogP) is 1.97. The van der Waals surface area contributed by atoms with Gasteiger partial charge in [-0.05, 0) is 12.1 Å². The Morgan fingerprint density at radius 3 is 2.57 bits per heavy atom. The number of nitrogen functional groups attached to an aromatic ring is 1. The number of aromatic nitrogens is 1. The number of hydrogen-bond acceptors (Lipinski definition) is 4. The van der Waals surface area contributed by atoms with Crippen LogP contribution in [0.4, 0.5) is 11.7 Å². The summed E-state index contributed by atoms with van der Waals surface area (Å²) in [6.45, 7) is 0. The molecular formula is C10H11N3O. The second-order valence-electron chi connectivity index (χ2n) is 2.91. The largest absolute Gasteiger partial charge is 0.432 e. The van der Waals surface area contributed by atoms with Crippen molar-refractivity contribution >= 4 is 11.7 Å². The molecule has 0 unspecified atom stereocenters. The lowest BCUT2D eigenvalue weighted by Gasteiger charge is -1.95. The van der Waals surface area contributed by atoms with Crippen molar-refractivity contribution in [2.75, 3.05) is 18.1 Å². The van der Waals surface area contributed by atoms with Gasteiger partial charge in [-0.25, -0.2) is 0 Å². The molecule has 0 saturated heterocycles. The van der Waals surface area contributed by atoms with Gasteiger partial charge in [-0.1, -0.05) is 12.1 Å². The molecule has 2 aromatic rings. The van der Waals surface area contributed by atoms with Gasteiger partial charge < -0.3 is 15.5 Å². The zero-order chi connectivity index (χ0) is 9.97. The highest BCUT2D eigenvalue weighted by Crippen LogP contribution is 2.21. The highest BCUT2D eigenvalue weighted by Gasteiger charge is 2.03. The van der Waals surface area contributed by atoms with E-state index in [4.69, 9.17) is 10.2 Å². The van der Waals surface area contributed by atoms with Crippen molar-refractivity contribution < 1.29 is 4.42 Å². The zero-order valence-corrected chi connectivity index (χ0v) is 7.82. The van der Waals surface area contributed by atoms with Crippen LogP contribution in [0.25, 0.3) is 11.3 Å². The molecule has 14 heavy (non-hydrogen) atoms. The molecule has 0 fully saturated rings. The molecule has 0 aliphatic rings. The summed E-state index contributed by atoms with van der Waals surface area (Å²) < 4.78 is 5.14. The number of hydrogen-bond donors (Lipinski definition) is 2. The van der Waals surface area contributed by atoms with Crippen LogP contribution in [-0.4, -0.2) is 12.0 Å². The number of nitrogens with one attached hydrogen (secondary N) is 1. The Kier molecular flexibility index (Phi) is 2.10. The summed E-state index contributed by atoms with van der Waals surface area (Å²) in [5.41, 5.74) is 8.11. The molecule has 0 amide bonds. The van der Waals surface area contributed by atoms with E-state index in [9.17, 15) is 0 Å². The van der Waals surface area contributed by atoms with E-state index in [0.29, 0.717) is 6.01 Å². The lowest BCUT2D eigenvalue weighted by Crippen LogP contribution is -1.87. The van der Waals surface area contributed by atoms with Gasteiger partial charge in [-0.15, -0.1) is 0 Å². The number of benzene rings is 1.